The van der Waals surface area contributed by atoms with Crippen molar-refractivity contribution in [2.24, 2.45) is 0 Å². The molecule has 0 radical (unpaired) electrons. The zero-order valence-electron chi connectivity index (χ0n) is 13.4. The van der Waals surface area contributed by atoms with Gasteiger partial charge in [0.2, 0.25) is 0 Å². The molecule has 1 aromatic heterocycles. The van der Waals surface area contributed by atoms with Crippen molar-refractivity contribution in [1.82, 2.24) is 4.57 Å². The number of anilines is 2. The van der Waals surface area contributed by atoms with Crippen LogP contribution in [0.4, 0.5) is 11.4 Å². The number of nitrogens with one attached hydrogen (secondary N) is 1. The van der Waals surface area contributed by atoms with Crippen molar-refractivity contribution in [3.05, 3.63) is 77.1 Å². The van der Waals surface area contributed by atoms with E-state index in [1.54, 1.807) is 54.6 Å². The van der Waals surface area contributed by atoms with Gasteiger partial charge in [0.05, 0.1) is 5.52 Å². The average molecular weight is 335 g/mol. The predicted molar refractivity (Wildman–Crippen MR) is 98.9 cm³/mol. The van der Waals surface area contributed by atoms with Gasteiger partial charge in [-0.25, -0.2) is 0 Å². The SMILES string of the molecule is C=CCn1c(=O)c(C(=O)Nc2ccc(N)cc2)c(O)c2ccccc21. The Bertz CT molecular complexity index is 1020. The molecule has 0 aliphatic carbocycles. The molecule has 126 valence electrons. The van der Waals surface area contributed by atoms with Crippen LogP contribution >= 0.6 is 0 Å². The van der Waals surface area contributed by atoms with Gasteiger partial charge in [-0.2, -0.15) is 0 Å². The Balaban J connectivity index is 2.14. The van der Waals surface area contributed by atoms with Gasteiger partial charge >= 0.3 is 0 Å². The van der Waals surface area contributed by atoms with E-state index in [1.165, 1.54) is 4.57 Å². The molecule has 1 amide bonds. The fraction of sp³-hybridized carbons (Fsp3) is 0.0526. The molecule has 3 aromatic rings. The van der Waals surface area contributed by atoms with E-state index in [0.717, 1.165) is 0 Å². The molecule has 0 fully saturated rings. The van der Waals surface area contributed by atoms with Crippen LogP contribution in [0.1, 0.15) is 10.4 Å². The zero-order valence-corrected chi connectivity index (χ0v) is 13.4. The van der Waals surface area contributed by atoms with Crippen molar-refractivity contribution in [2.45, 2.75) is 6.54 Å². The summed E-state index contributed by atoms with van der Waals surface area (Å²) >= 11 is 0. The molecule has 1 heterocycles. The van der Waals surface area contributed by atoms with Gasteiger partial charge in [-0.3, -0.25) is 9.59 Å². The third-order valence-electron chi connectivity index (χ3n) is 3.85. The topological polar surface area (TPSA) is 97.4 Å². The number of benzene rings is 2. The largest absolute Gasteiger partial charge is 0.506 e. The number of fused-ring (bicyclic) bond motifs is 1. The number of hydrogen-bond acceptors (Lipinski definition) is 4. The second-order valence-corrected chi connectivity index (χ2v) is 5.52. The Labute approximate surface area is 143 Å². The molecular formula is C19H17N3O3. The van der Waals surface area contributed by atoms with E-state index in [-0.39, 0.29) is 17.9 Å². The molecule has 0 saturated heterocycles. The lowest BCUT2D eigenvalue weighted by molar-refractivity contribution is 0.102. The summed E-state index contributed by atoms with van der Waals surface area (Å²) in [5.74, 6) is -1.02. The van der Waals surface area contributed by atoms with E-state index < -0.39 is 11.5 Å². The Morgan fingerprint density at radius 2 is 1.88 bits per heavy atom. The van der Waals surface area contributed by atoms with Crippen molar-refractivity contribution in [3.63, 3.8) is 0 Å². The van der Waals surface area contributed by atoms with Crippen molar-refractivity contribution in [1.29, 1.82) is 0 Å². The van der Waals surface area contributed by atoms with Gasteiger partial charge in [0, 0.05) is 23.3 Å². The third-order valence-corrected chi connectivity index (χ3v) is 3.85. The summed E-state index contributed by atoms with van der Waals surface area (Å²) in [5, 5.41) is 13.5. The quantitative estimate of drug-likeness (QED) is 0.504. The molecule has 25 heavy (non-hydrogen) atoms. The Hall–Kier alpha value is -3.54. The smallest absolute Gasteiger partial charge is 0.268 e. The number of aromatic nitrogens is 1. The summed E-state index contributed by atoms with van der Waals surface area (Å²) < 4.78 is 1.40. The number of carbonyl (C=O) groups is 1. The standard InChI is InChI=1S/C19H17N3O3/c1-2-11-22-15-6-4-3-5-14(15)17(23)16(19(22)25)18(24)21-13-9-7-12(20)8-10-13/h2-10,23H,1,11,20H2,(H,21,24). The van der Waals surface area contributed by atoms with Crippen molar-refractivity contribution >= 4 is 28.2 Å². The number of nitrogens with two attached hydrogens (primary N) is 1. The second-order valence-electron chi connectivity index (χ2n) is 5.52. The highest BCUT2D eigenvalue weighted by Crippen LogP contribution is 2.27. The summed E-state index contributed by atoms with van der Waals surface area (Å²) in [4.78, 5) is 25.4. The fourth-order valence-corrected chi connectivity index (χ4v) is 2.66. The maximum atomic E-state index is 12.8. The Kier molecular flexibility index (Phi) is 4.26. The lowest BCUT2D eigenvalue weighted by Crippen LogP contribution is -2.29. The minimum absolute atomic E-state index is 0.224. The number of carbonyl (C=O) groups excluding carboxylic acids is 1. The summed E-state index contributed by atoms with van der Waals surface area (Å²) in [6.07, 6.45) is 1.56. The number of rotatable bonds is 4. The van der Waals surface area contributed by atoms with Gasteiger partial charge < -0.3 is 20.7 Å². The normalized spacial score (nSPS) is 10.6. The van der Waals surface area contributed by atoms with Crippen LogP contribution < -0.4 is 16.6 Å². The van der Waals surface area contributed by atoms with Crippen LogP contribution in [0.15, 0.2) is 66.0 Å². The van der Waals surface area contributed by atoms with Crippen molar-refractivity contribution in [2.75, 3.05) is 11.1 Å². The molecular weight excluding hydrogens is 318 g/mol. The molecule has 6 heteroatoms. The average Bonchev–Trinajstić information content (AvgIpc) is 2.61. The highest BCUT2D eigenvalue weighted by Gasteiger charge is 2.21. The molecule has 0 saturated carbocycles. The number of allylic oxidation sites excluding steroid dienone is 1. The first-order chi connectivity index (χ1) is 12.0. The van der Waals surface area contributed by atoms with Gasteiger partial charge in [-0.15, -0.1) is 6.58 Å². The first kappa shape index (κ1) is 16.3. The first-order valence-electron chi connectivity index (χ1n) is 7.65. The van der Waals surface area contributed by atoms with Crippen LogP contribution in [0.3, 0.4) is 0 Å². The number of nitrogen functional groups attached to an aromatic ring is 1. The molecule has 0 aliphatic rings. The molecule has 0 bridgehead atoms. The first-order valence-corrected chi connectivity index (χ1v) is 7.65. The molecule has 0 spiro atoms. The Morgan fingerprint density at radius 1 is 1.20 bits per heavy atom. The van der Waals surface area contributed by atoms with E-state index in [1.807, 2.05) is 0 Å². The van der Waals surface area contributed by atoms with Crippen LogP contribution in [0, 0.1) is 0 Å². The van der Waals surface area contributed by atoms with E-state index in [0.29, 0.717) is 22.3 Å². The van der Waals surface area contributed by atoms with Gasteiger partial charge in [0.25, 0.3) is 11.5 Å². The number of aromatic hydroxyl groups is 1. The lowest BCUT2D eigenvalue weighted by atomic mass is 10.1. The number of amides is 1. The van der Waals surface area contributed by atoms with E-state index in [9.17, 15) is 14.7 Å². The van der Waals surface area contributed by atoms with Crippen LogP contribution in [0.5, 0.6) is 5.75 Å². The van der Waals surface area contributed by atoms with Gasteiger partial charge in [-0.05, 0) is 36.4 Å². The number of nitrogens with zero attached hydrogens (tertiary/aromatic N) is 1. The summed E-state index contributed by atoms with van der Waals surface area (Å²) in [5.41, 5.74) is 6.29. The summed E-state index contributed by atoms with van der Waals surface area (Å²) in [6.45, 7) is 3.87. The minimum Gasteiger partial charge on any atom is -0.506 e. The highest BCUT2D eigenvalue weighted by atomic mass is 16.3. The third kappa shape index (κ3) is 2.97. The maximum Gasteiger partial charge on any atom is 0.268 e. The number of hydrogen-bond donors (Lipinski definition) is 3. The van der Waals surface area contributed by atoms with Gasteiger partial charge in [-0.1, -0.05) is 18.2 Å². The van der Waals surface area contributed by atoms with Crippen LogP contribution in [-0.4, -0.2) is 15.6 Å². The van der Waals surface area contributed by atoms with Crippen molar-refractivity contribution in [3.8, 4) is 5.75 Å². The van der Waals surface area contributed by atoms with E-state index in [2.05, 4.69) is 11.9 Å². The lowest BCUT2D eigenvalue weighted by Gasteiger charge is -2.14. The zero-order chi connectivity index (χ0) is 18.0. The fourth-order valence-electron chi connectivity index (χ4n) is 2.66. The molecule has 6 nitrogen and oxygen atoms in total. The molecule has 4 N–H and O–H groups in total. The summed E-state index contributed by atoms with van der Waals surface area (Å²) in [7, 11) is 0. The number of para-hydroxylation sites is 1. The second kappa shape index (κ2) is 6.52. The Morgan fingerprint density at radius 3 is 2.56 bits per heavy atom. The van der Waals surface area contributed by atoms with E-state index in [4.69, 9.17) is 5.73 Å². The molecule has 0 aliphatic heterocycles. The molecule has 2 aromatic carbocycles. The van der Waals surface area contributed by atoms with E-state index >= 15 is 0 Å². The predicted octanol–water partition coefficient (Wildman–Crippen LogP) is 2.73. The van der Waals surface area contributed by atoms with Crippen LogP contribution in [0.25, 0.3) is 10.9 Å². The molecule has 0 unspecified atom stereocenters. The van der Waals surface area contributed by atoms with Crippen LogP contribution in [-0.2, 0) is 6.54 Å². The molecule has 0 atom stereocenters. The van der Waals surface area contributed by atoms with Gasteiger partial charge in [0.1, 0.15) is 11.3 Å². The van der Waals surface area contributed by atoms with Crippen molar-refractivity contribution < 1.29 is 9.90 Å². The summed E-state index contributed by atoms with van der Waals surface area (Å²) in [6, 6.07) is 13.4. The minimum atomic E-state index is -0.684. The highest BCUT2D eigenvalue weighted by molar-refractivity contribution is 6.09. The maximum absolute atomic E-state index is 12.8. The molecule has 3 rings (SSSR count). The number of pyridine rings is 1. The van der Waals surface area contributed by atoms with Gasteiger partial charge in [0.15, 0.2) is 0 Å². The van der Waals surface area contributed by atoms with Crippen LogP contribution in [0.2, 0.25) is 0 Å². The monoisotopic (exact) mass is 335 g/mol.